The molecule has 0 radical (unpaired) electrons. The van der Waals surface area contributed by atoms with Crippen LogP contribution in [-0.4, -0.2) is 28.7 Å². The lowest BCUT2D eigenvalue weighted by Crippen LogP contribution is -2.29. The molecule has 1 aliphatic heterocycles. The van der Waals surface area contributed by atoms with Crippen LogP contribution in [0.5, 0.6) is 0 Å². The molecule has 0 aromatic carbocycles. The average Bonchev–Trinajstić information content (AvgIpc) is 2.72. The average molecular weight is 259 g/mol. The molecule has 7 nitrogen and oxygen atoms in total. The molecule has 98 valence electrons. The summed E-state index contributed by atoms with van der Waals surface area (Å²) >= 11 is 0. The molecule has 2 amide bonds. The second-order valence-electron chi connectivity index (χ2n) is 4.07. The normalized spacial score (nSPS) is 18.3. The van der Waals surface area contributed by atoms with Gasteiger partial charge in [0.25, 0.3) is 0 Å². The van der Waals surface area contributed by atoms with Crippen LogP contribution in [0.1, 0.15) is 18.9 Å². The van der Waals surface area contributed by atoms with Crippen LogP contribution in [0.15, 0.2) is 34.7 Å². The number of nitrogens with one attached hydrogen (secondary N) is 2. The maximum atomic E-state index is 11.6. The van der Waals surface area contributed by atoms with E-state index in [0.717, 1.165) is 5.56 Å². The number of aromatic nitrogens is 1. The first-order valence-electron chi connectivity index (χ1n) is 5.73. The molecule has 1 aliphatic rings. The number of amides is 2. The molecule has 0 saturated carbocycles. The summed E-state index contributed by atoms with van der Waals surface area (Å²) in [5, 5.41) is 7.57. The van der Waals surface area contributed by atoms with Gasteiger partial charge in [-0.05, 0) is 13.0 Å². The van der Waals surface area contributed by atoms with Crippen molar-refractivity contribution in [3.8, 4) is 0 Å². The van der Waals surface area contributed by atoms with E-state index in [9.17, 15) is 9.59 Å². The van der Waals surface area contributed by atoms with Crippen LogP contribution in [0.25, 0.3) is 0 Å². The first-order valence-corrected chi connectivity index (χ1v) is 5.73. The highest BCUT2D eigenvalue weighted by Gasteiger charge is 2.28. The van der Waals surface area contributed by atoms with Gasteiger partial charge in [-0.3, -0.25) is 14.6 Å². The lowest BCUT2D eigenvalue weighted by atomic mass is 10.0. The van der Waals surface area contributed by atoms with E-state index in [0.29, 0.717) is 5.71 Å². The zero-order chi connectivity index (χ0) is 13.7. The summed E-state index contributed by atoms with van der Waals surface area (Å²) in [6.07, 6.45) is 4.79. The molecule has 1 aromatic rings. The molecule has 0 unspecified atom stereocenters. The minimum Gasteiger partial charge on any atom is -0.273 e. The fourth-order valence-electron chi connectivity index (χ4n) is 1.59. The van der Waals surface area contributed by atoms with Crippen molar-refractivity contribution in [3.05, 3.63) is 30.1 Å². The Bertz CT molecular complexity index is 538. The number of carbonyl (C=O) groups is 2. The van der Waals surface area contributed by atoms with E-state index in [1.165, 1.54) is 6.21 Å². The lowest BCUT2D eigenvalue weighted by Gasteiger charge is -2.05. The maximum absolute atomic E-state index is 11.6. The topological polar surface area (TPSA) is 95.8 Å². The van der Waals surface area contributed by atoms with Crippen molar-refractivity contribution in [1.29, 1.82) is 0 Å². The Morgan fingerprint density at radius 3 is 3.11 bits per heavy atom. The standard InChI is InChI=1S/C12H13N5O2/c1-8-10(12(19)17-15-8)5-11(18)16-14-7-9-3-2-4-13-6-9/h2-4,6-7,10H,5H2,1H3,(H,16,18)(H,17,19)/t10-/m1/s1. The molecule has 0 aliphatic carbocycles. The summed E-state index contributed by atoms with van der Waals surface area (Å²) < 4.78 is 0. The Hall–Kier alpha value is -2.57. The van der Waals surface area contributed by atoms with Gasteiger partial charge in [0.05, 0.1) is 12.1 Å². The fraction of sp³-hybridized carbons (Fsp3) is 0.250. The van der Waals surface area contributed by atoms with E-state index in [-0.39, 0.29) is 18.2 Å². The molecule has 2 rings (SSSR count). The van der Waals surface area contributed by atoms with Gasteiger partial charge >= 0.3 is 0 Å². The predicted octanol–water partition coefficient (Wildman–Crippen LogP) is 0.0437. The van der Waals surface area contributed by atoms with Crippen molar-refractivity contribution in [2.24, 2.45) is 16.1 Å². The predicted molar refractivity (Wildman–Crippen MR) is 69.3 cm³/mol. The molecule has 2 N–H and O–H groups in total. The van der Waals surface area contributed by atoms with Gasteiger partial charge < -0.3 is 0 Å². The van der Waals surface area contributed by atoms with Crippen LogP contribution in [0.4, 0.5) is 0 Å². The fourth-order valence-corrected chi connectivity index (χ4v) is 1.59. The Kier molecular flexibility index (Phi) is 3.97. The summed E-state index contributed by atoms with van der Waals surface area (Å²) in [4.78, 5) is 26.9. The van der Waals surface area contributed by atoms with Gasteiger partial charge in [0.15, 0.2) is 0 Å². The maximum Gasteiger partial charge on any atom is 0.249 e. The van der Waals surface area contributed by atoms with E-state index >= 15 is 0 Å². The van der Waals surface area contributed by atoms with Crippen molar-refractivity contribution in [2.45, 2.75) is 13.3 Å². The third-order valence-electron chi connectivity index (χ3n) is 2.64. The molecule has 1 atom stereocenters. The van der Waals surface area contributed by atoms with Crippen molar-refractivity contribution in [3.63, 3.8) is 0 Å². The third-order valence-corrected chi connectivity index (χ3v) is 2.64. The molecule has 0 fully saturated rings. The zero-order valence-corrected chi connectivity index (χ0v) is 10.3. The molecular formula is C12H13N5O2. The number of carbonyl (C=O) groups excluding carboxylic acids is 2. The third kappa shape index (κ3) is 3.44. The number of hydrazone groups is 2. The van der Waals surface area contributed by atoms with E-state index in [1.807, 2.05) is 6.07 Å². The Labute approximate surface area is 109 Å². The van der Waals surface area contributed by atoms with E-state index in [1.54, 1.807) is 25.4 Å². The van der Waals surface area contributed by atoms with Crippen LogP contribution in [0.2, 0.25) is 0 Å². The number of rotatable bonds is 4. The van der Waals surface area contributed by atoms with Gasteiger partial charge in [-0.2, -0.15) is 10.2 Å². The molecule has 19 heavy (non-hydrogen) atoms. The summed E-state index contributed by atoms with van der Waals surface area (Å²) in [7, 11) is 0. The summed E-state index contributed by atoms with van der Waals surface area (Å²) in [6.45, 7) is 1.70. The highest BCUT2D eigenvalue weighted by molar-refractivity contribution is 6.09. The number of hydrogen-bond acceptors (Lipinski definition) is 5. The van der Waals surface area contributed by atoms with Crippen LogP contribution in [0.3, 0.4) is 0 Å². The number of nitrogens with zero attached hydrogens (tertiary/aromatic N) is 3. The number of pyridine rings is 1. The largest absolute Gasteiger partial charge is 0.273 e. The molecule has 0 saturated heterocycles. The van der Waals surface area contributed by atoms with Crippen molar-refractivity contribution < 1.29 is 9.59 Å². The monoisotopic (exact) mass is 259 g/mol. The second-order valence-corrected chi connectivity index (χ2v) is 4.07. The van der Waals surface area contributed by atoms with Gasteiger partial charge in [-0.15, -0.1) is 0 Å². The highest BCUT2D eigenvalue weighted by Crippen LogP contribution is 2.11. The molecule has 0 bridgehead atoms. The second kappa shape index (κ2) is 5.85. The highest BCUT2D eigenvalue weighted by atomic mass is 16.2. The van der Waals surface area contributed by atoms with E-state index in [2.05, 4.69) is 26.0 Å². The minimum atomic E-state index is -0.506. The van der Waals surface area contributed by atoms with Crippen molar-refractivity contribution >= 4 is 23.7 Å². The van der Waals surface area contributed by atoms with Crippen LogP contribution in [-0.2, 0) is 9.59 Å². The van der Waals surface area contributed by atoms with E-state index in [4.69, 9.17) is 0 Å². The smallest absolute Gasteiger partial charge is 0.249 e. The van der Waals surface area contributed by atoms with Crippen LogP contribution >= 0.6 is 0 Å². The lowest BCUT2D eigenvalue weighted by molar-refractivity contribution is -0.127. The van der Waals surface area contributed by atoms with E-state index < -0.39 is 5.92 Å². The molecule has 2 heterocycles. The van der Waals surface area contributed by atoms with Crippen molar-refractivity contribution in [2.75, 3.05) is 0 Å². The SMILES string of the molecule is CC1=NNC(=O)[C@@H]1CC(=O)NN=Cc1cccnc1. The molecular weight excluding hydrogens is 246 g/mol. The summed E-state index contributed by atoms with van der Waals surface area (Å²) in [5.41, 5.74) is 6.08. The zero-order valence-electron chi connectivity index (χ0n) is 10.3. The first kappa shape index (κ1) is 12.9. The van der Waals surface area contributed by atoms with Crippen LogP contribution < -0.4 is 10.9 Å². The Morgan fingerprint density at radius 2 is 2.47 bits per heavy atom. The quantitative estimate of drug-likeness (QED) is 0.590. The summed E-state index contributed by atoms with van der Waals surface area (Å²) in [6, 6.07) is 3.58. The van der Waals surface area contributed by atoms with Crippen molar-refractivity contribution in [1.82, 2.24) is 15.8 Å². The minimum absolute atomic E-state index is 0.0333. The van der Waals surface area contributed by atoms with Gasteiger partial charge in [0, 0.05) is 30.1 Å². The molecule has 7 heteroatoms. The molecule has 1 aromatic heterocycles. The molecule has 0 spiro atoms. The van der Waals surface area contributed by atoms with Gasteiger partial charge in [0.1, 0.15) is 0 Å². The Balaban J connectivity index is 1.84. The number of hydrogen-bond donors (Lipinski definition) is 2. The summed E-state index contributed by atoms with van der Waals surface area (Å²) in [5.74, 6) is -1.10. The first-order chi connectivity index (χ1) is 9.16. The van der Waals surface area contributed by atoms with Gasteiger partial charge in [-0.1, -0.05) is 6.07 Å². The van der Waals surface area contributed by atoms with Crippen LogP contribution in [0, 0.1) is 5.92 Å². The van der Waals surface area contributed by atoms with Gasteiger partial charge in [0.2, 0.25) is 11.8 Å². The Morgan fingerprint density at radius 1 is 1.63 bits per heavy atom. The van der Waals surface area contributed by atoms with Gasteiger partial charge in [-0.25, -0.2) is 10.9 Å².